The molecule has 0 aliphatic carbocycles. The highest BCUT2D eigenvalue weighted by molar-refractivity contribution is 8.02. The zero-order valence-electron chi connectivity index (χ0n) is 11.0. The van der Waals surface area contributed by atoms with Gasteiger partial charge in [0.25, 0.3) is 0 Å². The lowest BCUT2D eigenvalue weighted by Crippen LogP contribution is -1.85. The molecule has 0 rings (SSSR count). The number of thioether (sulfide) groups is 1. The van der Waals surface area contributed by atoms with Crippen LogP contribution in [0.3, 0.4) is 0 Å². The summed E-state index contributed by atoms with van der Waals surface area (Å²) in [5, 5.41) is 0. The maximum absolute atomic E-state index is 4.11. The maximum atomic E-state index is 4.11. The van der Waals surface area contributed by atoms with Crippen molar-refractivity contribution in [2.75, 3.05) is 6.26 Å². The normalized spacial score (nSPS) is 14.7. The lowest BCUT2D eigenvalue weighted by molar-refractivity contribution is 1.44. The van der Waals surface area contributed by atoms with Gasteiger partial charge in [0.15, 0.2) is 0 Å². The van der Waals surface area contributed by atoms with Crippen LogP contribution in [0.2, 0.25) is 0 Å². The van der Waals surface area contributed by atoms with Crippen molar-refractivity contribution in [3.63, 3.8) is 0 Å². The first-order valence-corrected chi connectivity index (χ1v) is 6.67. The summed E-state index contributed by atoms with van der Waals surface area (Å²) < 4.78 is 0. The first-order chi connectivity index (χ1) is 7.56. The fraction of sp³-hybridized carbons (Fsp3) is 0.333. The van der Waals surface area contributed by atoms with Crippen molar-refractivity contribution in [3.8, 4) is 0 Å². The molecule has 0 heterocycles. The standard InChI is InChI=1S/C15H22S/c1-7-9-15(14(5)16-6)13(4)11-10-12(3)8-2/h7-11H,4H2,1-3,5-6H3/b9-7+,11-10-,12-8-,15-14+. The third-order valence-corrected chi connectivity index (χ3v) is 3.20. The van der Waals surface area contributed by atoms with E-state index in [9.17, 15) is 0 Å². The lowest BCUT2D eigenvalue weighted by atomic mass is 10.1. The van der Waals surface area contributed by atoms with Gasteiger partial charge in [0, 0.05) is 0 Å². The molecule has 0 amide bonds. The Balaban J connectivity index is 5.00. The number of hydrogen-bond acceptors (Lipinski definition) is 1. The van der Waals surface area contributed by atoms with Crippen LogP contribution in [0, 0.1) is 0 Å². The van der Waals surface area contributed by atoms with Gasteiger partial charge in [-0.05, 0) is 50.0 Å². The third kappa shape index (κ3) is 5.22. The minimum Gasteiger partial charge on any atom is -0.134 e. The largest absolute Gasteiger partial charge is 0.134 e. The van der Waals surface area contributed by atoms with Gasteiger partial charge in [-0.2, -0.15) is 0 Å². The quantitative estimate of drug-likeness (QED) is 0.583. The average Bonchev–Trinajstić information content (AvgIpc) is 2.31. The Labute approximate surface area is 105 Å². The Morgan fingerprint density at radius 3 is 2.12 bits per heavy atom. The van der Waals surface area contributed by atoms with Gasteiger partial charge < -0.3 is 0 Å². The van der Waals surface area contributed by atoms with Crippen molar-refractivity contribution >= 4 is 11.8 Å². The molecule has 0 saturated heterocycles. The van der Waals surface area contributed by atoms with Crippen molar-refractivity contribution in [1.82, 2.24) is 0 Å². The Bertz CT molecular complexity index is 352. The summed E-state index contributed by atoms with van der Waals surface area (Å²) in [5.41, 5.74) is 3.53. The zero-order chi connectivity index (χ0) is 12.6. The summed E-state index contributed by atoms with van der Waals surface area (Å²) >= 11 is 1.76. The van der Waals surface area contributed by atoms with Crippen LogP contribution < -0.4 is 0 Å². The van der Waals surface area contributed by atoms with Crippen molar-refractivity contribution in [2.24, 2.45) is 0 Å². The van der Waals surface area contributed by atoms with E-state index in [4.69, 9.17) is 0 Å². The Morgan fingerprint density at radius 1 is 1.06 bits per heavy atom. The highest BCUT2D eigenvalue weighted by Gasteiger charge is 2.00. The number of hydrogen-bond donors (Lipinski definition) is 0. The molecule has 0 aromatic carbocycles. The first-order valence-electron chi connectivity index (χ1n) is 5.44. The smallest absolute Gasteiger partial charge is 0.0101 e. The summed E-state index contributed by atoms with van der Waals surface area (Å²) in [6, 6.07) is 0. The Kier molecular flexibility index (Phi) is 7.74. The van der Waals surface area contributed by atoms with E-state index >= 15 is 0 Å². The van der Waals surface area contributed by atoms with Crippen LogP contribution in [0.15, 0.2) is 58.6 Å². The van der Waals surface area contributed by atoms with E-state index in [2.05, 4.69) is 57.1 Å². The number of allylic oxidation sites excluding steroid dienone is 9. The van der Waals surface area contributed by atoms with Gasteiger partial charge >= 0.3 is 0 Å². The van der Waals surface area contributed by atoms with Crippen LogP contribution >= 0.6 is 11.8 Å². The van der Waals surface area contributed by atoms with Crippen molar-refractivity contribution < 1.29 is 0 Å². The van der Waals surface area contributed by atoms with Gasteiger partial charge in [-0.25, -0.2) is 0 Å². The van der Waals surface area contributed by atoms with Crippen molar-refractivity contribution in [2.45, 2.75) is 27.7 Å². The Morgan fingerprint density at radius 2 is 1.69 bits per heavy atom. The molecule has 0 bridgehead atoms. The topological polar surface area (TPSA) is 0 Å². The van der Waals surface area contributed by atoms with Gasteiger partial charge in [0.05, 0.1) is 0 Å². The molecule has 0 aromatic heterocycles. The molecule has 0 aliphatic heterocycles. The highest BCUT2D eigenvalue weighted by atomic mass is 32.2. The van der Waals surface area contributed by atoms with Crippen LogP contribution in [0.25, 0.3) is 0 Å². The molecular weight excluding hydrogens is 212 g/mol. The van der Waals surface area contributed by atoms with E-state index in [1.165, 1.54) is 16.1 Å². The fourth-order valence-corrected chi connectivity index (χ4v) is 1.56. The summed E-state index contributed by atoms with van der Waals surface area (Å²) in [4.78, 5) is 1.30. The molecule has 0 N–H and O–H groups in total. The maximum Gasteiger partial charge on any atom is -0.0101 e. The molecule has 1 heteroatoms. The van der Waals surface area contributed by atoms with Crippen molar-refractivity contribution in [3.05, 3.63) is 58.6 Å². The molecule has 0 saturated carbocycles. The van der Waals surface area contributed by atoms with Gasteiger partial charge in [-0.1, -0.05) is 42.5 Å². The SMILES string of the molecule is C=C(/C=C\C(C)=C/C)C(/C=C/C)=C(\C)SC. The van der Waals surface area contributed by atoms with Gasteiger partial charge in [-0.15, -0.1) is 11.8 Å². The molecule has 0 unspecified atom stereocenters. The molecule has 0 fully saturated rings. The minimum absolute atomic E-state index is 1.06. The van der Waals surface area contributed by atoms with Crippen LogP contribution in [0.1, 0.15) is 27.7 Å². The summed E-state index contributed by atoms with van der Waals surface area (Å²) in [7, 11) is 0. The van der Waals surface area contributed by atoms with Gasteiger partial charge in [0.1, 0.15) is 0 Å². The van der Waals surface area contributed by atoms with Crippen LogP contribution in [0.5, 0.6) is 0 Å². The molecule has 0 aliphatic rings. The van der Waals surface area contributed by atoms with Gasteiger partial charge in [-0.3, -0.25) is 0 Å². The summed E-state index contributed by atoms with van der Waals surface area (Å²) in [6.45, 7) is 12.4. The molecule has 0 radical (unpaired) electrons. The summed E-state index contributed by atoms with van der Waals surface area (Å²) in [6.07, 6.45) is 12.5. The molecule has 0 spiro atoms. The zero-order valence-corrected chi connectivity index (χ0v) is 11.8. The van der Waals surface area contributed by atoms with E-state index in [0.717, 1.165) is 5.57 Å². The Hall–Kier alpha value is -0.950. The number of rotatable bonds is 5. The fourth-order valence-electron chi connectivity index (χ4n) is 1.15. The second-order valence-electron chi connectivity index (χ2n) is 3.57. The molecule has 0 atom stereocenters. The van der Waals surface area contributed by atoms with E-state index in [1.54, 1.807) is 11.8 Å². The van der Waals surface area contributed by atoms with E-state index in [1.807, 2.05) is 13.8 Å². The van der Waals surface area contributed by atoms with Crippen LogP contribution in [-0.2, 0) is 0 Å². The molecule has 88 valence electrons. The second kappa shape index (κ2) is 8.23. The monoisotopic (exact) mass is 234 g/mol. The van der Waals surface area contributed by atoms with E-state index in [-0.39, 0.29) is 0 Å². The molecular formula is C15H22S. The lowest BCUT2D eigenvalue weighted by Gasteiger charge is -2.06. The van der Waals surface area contributed by atoms with Crippen LogP contribution in [-0.4, -0.2) is 6.26 Å². The predicted molar refractivity (Wildman–Crippen MR) is 78.7 cm³/mol. The molecule has 0 nitrogen and oxygen atoms in total. The second-order valence-corrected chi connectivity index (χ2v) is 4.59. The first kappa shape index (κ1) is 15.0. The highest BCUT2D eigenvalue weighted by Crippen LogP contribution is 2.23. The summed E-state index contributed by atoms with van der Waals surface area (Å²) in [5.74, 6) is 0. The van der Waals surface area contributed by atoms with Gasteiger partial charge in [0.2, 0.25) is 0 Å². The van der Waals surface area contributed by atoms with E-state index in [0.29, 0.717) is 0 Å². The minimum atomic E-state index is 1.06. The molecule has 16 heavy (non-hydrogen) atoms. The van der Waals surface area contributed by atoms with Crippen LogP contribution in [0.4, 0.5) is 0 Å². The predicted octanol–water partition coefficient (Wildman–Crippen LogP) is 5.28. The molecule has 0 aromatic rings. The van der Waals surface area contributed by atoms with Crippen molar-refractivity contribution in [1.29, 1.82) is 0 Å². The van der Waals surface area contributed by atoms with E-state index < -0.39 is 0 Å². The third-order valence-electron chi connectivity index (χ3n) is 2.37. The average molecular weight is 234 g/mol.